The van der Waals surface area contributed by atoms with E-state index < -0.39 is 18.3 Å². The van der Waals surface area contributed by atoms with Crippen LogP contribution in [-0.2, 0) is 15.9 Å². The molecule has 0 unspecified atom stereocenters. The summed E-state index contributed by atoms with van der Waals surface area (Å²) < 4.78 is 19.4. The number of primary amides is 1. The van der Waals surface area contributed by atoms with Crippen LogP contribution in [0.25, 0.3) is 0 Å². The Bertz CT molecular complexity index is 595. The molecule has 0 heterocycles. The molecule has 1 aromatic rings. The lowest BCUT2D eigenvalue weighted by molar-refractivity contribution is 0.0939. The van der Waals surface area contributed by atoms with Crippen LogP contribution in [0.5, 0.6) is 11.5 Å². The van der Waals surface area contributed by atoms with E-state index in [0.717, 1.165) is 5.56 Å². The molecule has 10 heteroatoms. The first-order chi connectivity index (χ1) is 11.5. The number of nitrogens with one attached hydrogen (secondary N) is 1. The second kappa shape index (κ2) is 11.8. The number of rotatable bonds is 7. The second-order valence-corrected chi connectivity index (χ2v) is 4.39. The van der Waals surface area contributed by atoms with Crippen LogP contribution < -0.4 is 20.5 Å². The largest absolute Gasteiger partial charge is 0.513 e. The van der Waals surface area contributed by atoms with Crippen LogP contribution in [0.3, 0.4) is 0 Å². The van der Waals surface area contributed by atoms with E-state index in [1.807, 2.05) is 0 Å². The van der Waals surface area contributed by atoms with Crippen LogP contribution >= 0.6 is 12.4 Å². The molecule has 2 amide bonds. The van der Waals surface area contributed by atoms with Crippen molar-refractivity contribution in [1.29, 1.82) is 0 Å². The molecule has 3 N–H and O–H groups in total. The average Bonchev–Trinajstić information content (AvgIpc) is 2.50. The molecule has 25 heavy (non-hydrogen) atoms. The van der Waals surface area contributed by atoms with Gasteiger partial charge in [0.15, 0.2) is 11.5 Å². The quantitative estimate of drug-likeness (QED) is 0.552. The fourth-order valence-electron chi connectivity index (χ4n) is 1.68. The van der Waals surface area contributed by atoms with Crippen molar-refractivity contribution in [3.63, 3.8) is 0 Å². The average molecular weight is 377 g/mol. The van der Waals surface area contributed by atoms with Gasteiger partial charge in [0.25, 0.3) is 0 Å². The van der Waals surface area contributed by atoms with Crippen molar-refractivity contribution < 1.29 is 33.3 Å². The highest BCUT2D eigenvalue weighted by Gasteiger charge is 2.16. The predicted octanol–water partition coefficient (Wildman–Crippen LogP) is 2.39. The van der Waals surface area contributed by atoms with Crippen LogP contribution in [0, 0.1) is 0 Å². The van der Waals surface area contributed by atoms with Crippen molar-refractivity contribution in [2.75, 3.05) is 19.8 Å². The zero-order valence-electron chi connectivity index (χ0n) is 13.9. The number of amides is 2. The highest BCUT2D eigenvalue weighted by Crippen LogP contribution is 2.29. The van der Waals surface area contributed by atoms with E-state index in [0.29, 0.717) is 13.0 Å². The number of hydrogen-bond acceptors (Lipinski definition) is 7. The molecule has 0 aliphatic heterocycles. The Morgan fingerprint density at radius 2 is 1.56 bits per heavy atom. The normalized spacial score (nSPS) is 9.36. The molecule has 0 atom stereocenters. The van der Waals surface area contributed by atoms with Gasteiger partial charge in [-0.1, -0.05) is 6.07 Å². The maximum atomic E-state index is 11.5. The van der Waals surface area contributed by atoms with Gasteiger partial charge in [0.05, 0.1) is 13.2 Å². The summed E-state index contributed by atoms with van der Waals surface area (Å²) in [4.78, 5) is 33.6. The number of urea groups is 1. The minimum atomic E-state index is -0.932. The van der Waals surface area contributed by atoms with Gasteiger partial charge in [0.1, 0.15) is 0 Å². The van der Waals surface area contributed by atoms with Crippen molar-refractivity contribution in [3.8, 4) is 11.5 Å². The van der Waals surface area contributed by atoms with Crippen molar-refractivity contribution in [1.82, 2.24) is 5.32 Å². The molecule has 0 aromatic heterocycles. The Morgan fingerprint density at radius 1 is 1.00 bits per heavy atom. The summed E-state index contributed by atoms with van der Waals surface area (Å²) in [6, 6.07) is 3.95. The van der Waals surface area contributed by atoms with E-state index in [-0.39, 0.29) is 37.1 Å². The van der Waals surface area contributed by atoms with E-state index in [1.165, 1.54) is 12.1 Å². The molecule has 0 bridgehead atoms. The van der Waals surface area contributed by atoms with Crippen molar-refractivity contribution in [3.05, 3.63) is 23.8 Å². The minimum absolute atomic E-state index is 0. The number of benzene rings is 1. The number of carbonyl (C=O) groups excluding carboxylic acids is 3. The molecule has 9 nitrogen and oxygen atoms in total. The van der Waals surface area contributed by atoms with Crippen LogP contribution in [0.1, 0.15) is 19.4 Å². The number of hydrogen-bond donors (Lipinski definition) is 2. The van der Waals surface area contributed by atoms with E-state index in [1.54, 1.807) is 19.9 Å². The maximum absolute atomic E-state index is 11.5. The fourth-order valence-corrected chi connectivity index (χ4v) is 1.68. The SMILES string of the molecule is CCOC(=O)Oc1ccc(CCNC(N)=O)cc1OC(=O)OCC.Cl. The Labute approximate surface area is 151 Å². The molecule has 1 rings (SSSR count). The predicted molar refractivity (Wildman–Crippen MR) is 90.3 cm³/mol. The topological polar surface area (TPSA) is 126 Å². The summed E-state index contributed by atoms with van der Waals surface area (Å²) in [7, 11) is 0. The summed E-state index contributed by atoms with van der Waals surface area (Å²) in [5, 5.41) is 2.44. The van der Waals surface area contributed by atoms with Crippen LogP contribution in [0.2, 0.25) is 0 Å². The highest BCUT2D eigenvalue weighted by molar-refractivity contribution is 5.85. The van der Waals surface area contributed by atoms with E-state index in [4.69, 9.17) is 19.9 Å². The highest BCUT2D eigenvalue weighted by atomic mass is 35.5. The molecule has 0 spiro atoms. The molecule has 0 saturated carbocycles. The molecule has 1 aromatic carbocycles. The zero-order valence-corrected chi connectivity index (χ0v) is 14.7. The molecule has 140 valence electrons. The maximum Gasteiger partial charge on any atom is 0.513 e. The van der Waals surface area contributed by atoms with E-state index >= 15 is 0 Å². The smallest absolute Gasteiger partial charge is 0.434 e. The lowest BCUT2D eigenvalue weighted by atomic mass is 10.1. The van der Waals surface area contributed by atoms with Gasteiger partial charge in [-0.3, -0.25) is 0 Å². The van der Waals surface area contributed by atoms with Crippen LogP contribution in [0.15, 0.2) is 18.2 Å². The zero-order chi connectivity index (χ0) is 17.9. The molecular formula is C15H21ClN2O7. The summed E-state index contributed by atoms with van der Waals surface area (Å²) in [6.07, 6.45) is -1.42. The fraction of sp³-hybridized carbons (Fsp3) is 0.400. The molecule has 0 fully saturated rings. The second-order valence-electron chi connectivity index (χ2n) is 4.39. The third-order valence-electron chi connectivity index (χ3n) is 2.63. The third-order valence-corrected chi connectivity index (χ3v) is 2.63. The molecule has 0 aliphatic rings. The Morgan fingerprint density at radius 3 is 2.08 bits per heavy atom. The summed E-state index contributed by atoms with van der Waals surface area (Å²) in [5.41, 5.74) is 5.71. The van der Waals surface area contributed by atoms with Crippen LogP contribution in [0.4, 0.5) is 14.4 Å². The molecule has 0 radical (unpaired) electrons. The van der Waals surface area contributed by atoms with Gasteiger partial charge in [-0.2, -0.15) is 0 Å². The first kappa shape index (κ1) is 22.3. The number of ether oxygens (including phenoxy) is 4. The van der Waals surface area contributed by atoms with Crippen molar-refractivity contribution in [2.24, 2.45) is 5.73 Å². The van der Waals surface area contributed by atoms with E-state index in [9.17, 15) is 14.4 Å². The van der Waals surface area contributed by atoms with Crippen molar-refractivity contribution in [2.45, 2.75) is 20.3 Å². The molecule has 0 aliphatic carbocycles. The summed E-state index contributed by atoms with van der Waals surface area (Å²) in [5.74, 6) is 0.00573. The Balaban J connectivity index is 0.00000576. The summed E-state index contributed by atoms with van der Waals surface area (Å²) in [6.45, 7) is 3.83. The number of nitrogens with two attached hydrogens (primary N) is 1. The van der Waals surface area contributed by atoms with Crippen molar-refractivity contribution >= 4 is 30.7 Å². The van der Waals surface area contributed by atoms with Crippen LogP contribution in [-0.4, -0.2) is 38.1 Å². The van der Waals surface area contributed by atoms with Gasteiger partial charge in [-0.25, -0.2) is 14.4 Å². The van der Waals surface area contributed by atoms with Gasteiger partial charge in [0, 0.05) is 6.54 Å². The van der Waals surface area contributed by atoms with Gasteiger partial charge >= 0.3 is 18.3 Å². The number of carbonyl (C=O) groups is 3. The Kier molecular flexibility index (Phi) is 10.5. The van der Waals surface area contributed by atoms with Gasteiger partial charge in [0.2, 0.25) is 0 Å². The number of halogens is 1. The summed E-state index contributed by atoms with van der Waals surface area (Å²) >= 11 is 0. The monoisotopic (exact) mass is 376 g/mol. The van der Waals surface area contributed by atoms with Gasteiger partial charge < -0.3 is 30.0 Å². The first-order valence-corrected chi connectivity index (χ1v) is 7.31. The standard InChI is InChI=1S/C15H20N2O7.ClH/c1-3-21-14(19)23-11-6-5-10(7-8-17-13(16)18)9-12(11)24-15(20)22-4-2;/h5-6,9H,3-4,7-8H2,1-2H3,(H3,16,17,18);1H. The lowest BCUT2D eigenvalue weighted by Crippen LogP contribution is -2.30. The lowest BCUT2D eigenvalue weighted by Gasteiger charge is -2.12. The molecule has 0 saturated heterocycles. The van der Waals surface area contributed by atoms with Gasteiger partial charge in [-0.05, 0) is 38.0 Å². The van der Waals surface area contributed by atoms with Gasteiger partial charge in [-0.15, -0.1) is 12.4 Å². The third kappa shape index (κ3) is 8.66. The Hall–Kier alpha value is -2.68. The molecular weight excluding hydrogens is 356 g/mol. The minimum Gasteiger partial charge on any atom is -0.434 e. The van der Waals surface area contributed by atoms with E-state index in [2.05, 4.69) is 10.1 Å². The first-order valence-electron chi connectivity index (χ1n) is 7.31.